The monoisotopic (exact) mass is 412 g/mol. The lowest BCUT2D eigenvalue weighted by atomic mass is 10.0. The first-order valence-electron chi connectivity index (χ1n) is 7.74. The van der Waals surface area contributed by atoms with Gasteiger partial charge in [-0.05, 0) is 32.4 Å². The maximum Gasteiger partial charge on any atom is 0.213 e. The summed E-state index contributed by atoms with van der Waals surface area (Å²) in [4.78, 5) is 8.42. The predicted octanol–water partition coefficient (Wildman–Crippen LogP) is 6.01. The van der Waals surface area contributed by atoms with E-state index in [1.807, 2.05) is 0 Å². The number of hydrogen-bond acceptors (Lipinski definition) is 4. The van der Waals surface area contributed by atoms with E-state index in [1.165, 1.54) is 12.3 Å². The van der Waals surface area contributed by atoms with Crippen LogP contribution in [0, 0.1) is 12.7 Å². The van der Waals surface area contributed by atoms with Crippen LogP contribution in [0.5, 0.6) is 5.88 Å². The molecule has 0 atom stereocenters. The lowest BCUT2D eigenvalue weighted by Crippen LogP contribution is -1.99. The number of ether oxygens (including phenoxy) is 1. The zero-order chi connectivity index (χ0) is 19.1. The predicted molar refractivity (Wildman–Crippen MR) is 105 cm³/mol. The molecule has 2 aromatic heterocycles. The fourth-order valence-corrected chi connectivity index (χ4v) is 3.28. The summed E-state index contributed by atoms with van der Waals surface area (Å²) < 4.78 is 31.7. The molecule has 3 rings (SSSR count). The van der Waals surface area contributed by atoms with Gasteiger partial charge in [-0.1, -0.05) is 23.2 Å². The van der Waals surface area contributed by atoms with Crippen LogP contribution < -0.4 is 4.74 Å². The molecule has 0 saturated heterocycles. The number of aromatic nitrogens is 2. The largest absolute Gasteiger partial charge is 0.470 e. The van der Waals surface area contributed by atoms with Gasteiger partial charge in [-0.25, -0.2) is 9.37 Å². The van der Waals surface area contributed by atoms with Gasteiger partial charge >= 0.3 is 0 Å². The topological polar surface area (TPSA) is 52.1 Å². The number of rotatable bonds is 4. The normalized spacial score (nSPS) is 11.8. The third kappa shape index (κ3) is 4.01. The number of hydrogen-bond donors (Lipinski definition) is 0. The third-order valence-electron chi connectivity index (χ3n) is 3.69. The molecule has 4 nitrogen and oxygen atoms in total. The Kier molecular flexibility index (Phi) is 5.25. The Balaban J connectivity index is 2.00. The lowest BCUT2D eigenvalue weighted by molar-refractivity contribution is 0.363. The first kappa shape index (κ1) is 19.1. The zero-order valence-electron chi connectivity index (χ0n) is 14.4. The van der Waals surface area contributed by atoms with Gasteiger partial charge in [0.2, 0.25) is 5.88 Å². The molecule has 0 saturated carbocycles. The average molecular weight is 413 g/mol. The molecule has 0 aliphatic heterocycles. The van der Waals surface area contributed by atoms with Crippen LogP contribution in [-0.4, -0.2) is 29.6 Å². The third-order valence-corrected chi connectivity index (χ3v) is 5.39. The van der Waals surface area contributed by atoms with Crippen LogP contribution in [0.25, 0.3) is 22.0 Å². The number of aryl methyl sites for hydroxylation is 1. The van der Waals surface area contributed by atoms with Crippen molar-refractivity contribution in [2.24, 2.45) is 0 Å². The lowest BCUT2D eigenvalue weighted by Gasteiger charge is -2.11. The van der Waals surface area contributed by atoms with Gasteiger partial charge in [0.15, 0.2) is 0 Å². The molecule has 0 unspecified atom stereocenters. The smallest absolute Gasteiger partial charge is 0.213 e. The fourth-order valence-electron chi connectivity index (χ4n) is 2.41. The second kappa shape index (κ2) is 7.15. The molecule has 0 bridgehead atoms. The van der Waals surface area contributed by atoms with E-state index in [0.717, 1.165) is 0 Å². The summed E-state index contributed by atoms with van der Waals surface area (Å²) in [6, 6.07) is 6.22. The first-order valence-corrected chi connectivity index (χ1v) is 11.3. The summed E-state index contributed by atoms with van der Waals surface area (Å²) in [5.74, 6) is -0.109. The maximum atomic E-state index is 14.6. The number of nitrogens with zero attached hydrogens (tertiary/aromatic N) is 2. The van der Waals surface area contributed by atoms with Crippen LogP contribution in [0.15, 0.2) is 30.5 Å². The van der Waals surface area contributed by atoms with Crippen molar-refractivity contribution in [3.05, 3.63) is 52.0 Å². The Morgan fingerprint density at radius 1 is 1.19 bits per heavy atom. The summed E-state index contributed by atoms with van der Waals surface area (Å²) in [7, 11) is -2.31. The molecule has 2 heterocycles. The highest BCUT2D eigenvalue weighted by atomic mass is 35.5. The zero-order valence-corrected chi connectivity index (χ0v) is 16.8. The van der Waals surface area contributed by atoms with Crippen molar-refractivity contribution < 1.29 is 13.7 Å². The van der Waals surface area contributed by atoms with Crippen LogP contribution in [0.4, 0.5) is 4.39 Å². The van der Waals surface area contributed by atoms with Crippen molar-refractivity contribution in [3.8, 4) is 17.0 Å². The minimum Gasteiger partial charge on any atom is -0.470 e. The van der Waals surface area contributed by atoms with Crippen LogP contribution in [-0.2, 0) is 4.57 Å². The number of pyridine rings is 2. The van der Waals surface area contributed by atoms with E-state index in [-0.39, 0.29) is 6.35 Å². The van der Waals surface area contributed by atoms with Crippen molar-refractivity contribution in [1.29, 1.82) is 0 Å². The molecule has 3 aromatic rings. The minimum atomic E-state index is -2.31. The van der Waals surface area contributed by atoms with E-state index in [9.17, 15) is 8.96 Å². The molecule has 26 heavy (non-hydrogen) atoms. The van der Waals surface area contributed by atoms with E-state index in [1.54, 1.807) is 38.5 Å². The van der Waals surface area contributed by atoms with Gasteiger partial charge in [0.05, 0.1) is 21.3 Å². The Bertz CT molecular complexity index is 1040. The maximum absolute atomic E-state index is 14.6. The van der Waals surface area contributed by atoms with Crippen LogP contribution in [0.2, 0.25) is 10.0 Å². The highest BCUT2D eigenvalue weighted by Gasteiger charge is 2.15. The second-order valence-electron chi connectivity index (χ2n) is 6.41. The van der Waals surface area contributed by atoms with Crippen LogP contribution in [0.3, 0.4) is 0 Å². The Labute approximate surface area is 160 Å². The van der Waals surface area contributed by atoms with Gasteiger partial charge < -0.3 is 9.30 Å². The summed E-state index contributed by atoms with van der Waals surface area (Å²) in [6.07, 6.45) is 1.59. The molecule has 8 heteroatoms. The summed E-state index contributed by atoms with van der Waals surface area (Å²) >= 11 is 12.4. The van der Waals surface area contributed by atoms with Gasteiger partial charge in [0.25, 0.3) is 0 Å². The standard InChI is InChI=1S/C18H16Cl2FN2O2P/c1-10-17(19)18(20)13-6-12(14(21)7-15(13)23-10)11-4-5-16(22-8-11)25-9-26(2,3)24/h4-8H,9H2,1-3H3. The summed E-state index contributed by atoms with van der Waals surface area (Å²) in [6.45, 7) is 4.99. The Morgan fingerprint density at radius 3 is 2.54 bits per heavy atom. The second-order valence-corrected chi connectivity index (χ2v) is 10.6. The number of fused-ring (bicyclic) bond motifs is 1. The highest BCUT2D eigenvalue weighted by Crippen LogP contribution is 2.37. The van der Waals surface area contributed by atoms with E-state index in [4.69, 9.17) is 27.9 Å². The molecule has 0 fully saturated rings. The van der Waals surface area contributed by atoms with Gasteiger partial charge in [-0.3, -0.25) is 4.98 Å². The molecule has 136 valence electrons. The van der Waals surface area contributed by atoms with E-state index >= 15 is 0 Å². The molecule has 0 amide bonds. The van der Waals surface area contributed by atoms with Gasteiger partial charge in [0.1, 0.15) is 19.3 Å². The highest BCUT2D eigenvalue weighted by molar-refractivity contribution is 7.62. The first-order chi connectivity index (χ1) is 12.2. The fraction of sp³-hybridized carbons (Fsp3) is 0.222. The quantitative estimate of drug-likeness (QED) is 0.492. The molecule has 1 aromatic carbocycles. The summed E-state index contributed by atoms with van der Waals surface area (Å²) in [5, 5.41) is 1.25. The Hall–Kier alpha value is -1.68. The Morgan fingerprint density at radius 2 is 1.92 bits per heavy atom. The number of benzene rings is 1. The van der Waals surface area contributed by atoms with Crippen molar-refractivity contribution in [2.45, 2.75) is 6.92 Å². The summed E-state index contributed by atoms with van der Waals surface area (Å²) in [5.41, 5.74) is 1.87. The van der Waals surface area contributed by atoms with Crippen molar-refractivity contribution in [3.63, 3.8) is 0 Å². The molecule has 0 spiro atoms. The van der Waals surface area contributed by atoms with Gasteiger partial charge in [-0.2, -0.15) is 0 Å². The van der Waals surface area contributed by atoms with Crippen LogP contribution in [0.1, 0.15) is 5.69 Å². The van der Waals surface area contributed by atoms with Gasteiger partial charge in [0, 0.05) is 34.8 Å². The molecular weight excluding hydrogens is 397 g/mol. The van der Waals surface area contributed by atoms with E-state index in [0.29, 0.717) is 43.6 Å². The molecule has 0 aliphatic rings. The molecule has 0 aliphatic carbocycles. The SMILES string of the molecule is Cc1nc2cc(F)c(-c3ccc(OCP(C)(C)=O)nc3)cc2c(Cl)c1Cl. The van der Waals surface area contributed by atoms with E-state index < -0.39 is 13.0 Å². The van der Waals surface area contributed by atoms with E-state index in [2.05, 4.69) is 9.97 Å². The van der Waals surface area contributed by atoms with Crippen LogP contribution >= 0.6 is 30.3 Å². The van der Waals surface area contributed by atoms with Crippen molar-refractivity contribution in [1.82, 2.24) is 9.97 Å². The number of halogens is 3. The van der Waals surface area contributed by atoms with Crippen molar-refractivity contribution >= 4 is 41.2 Å². The van der Waals surface area contributed by atoms with Gasteiger partial charge in [-0.15, -0.1) is 0 Å². The minimum absolute atomic E-state index is 0.100. The molecule has 0 N–H and O–H groups in total. The van der Waals surface area contributed by atoms with Crippen molar-refractivity contribution in [2.75, 3.05) is 19.7 Å². The molecular formula is C18H16Cl2FN2O2P. The molecule has 0 radical (unpaired) electrons. The average Bonchev–Trinajstić information content (AvgIpc) is 2.58.